The lowest BCUT2D eigenvalue weighted by atomic mass is 10.1. The molecule has 0 spiro atoms. The van der Waals surface area contributed by atoms with Crippen LogP contribution in [0.1, 0.15) is 52.6 Å². The number of hydrogen-bond acceptors (Lipinski definition) is 9. The minimum absolute atomic E-state index is 0. The second-order valence-corrected chi connectivity index (χ2v) is 10.6. The Morgan fingerprint density at radius 3 is 1.60 bits per heavy atom. The number of fused-ring (bicyclic) bond motifs is 2. The van der Waals surface area contributed by atoms with Crippen LogP contribution in [0.15, 0.2) is 97.8 Å². The summed E-state index contributed by atoms with van der Waals surface area (Å²) in [5.74, 6) is -0.869. The molecule has 6 aromatic rings. The maximum absolute atomic E-state index is 12.6. The number of carboxylic acid groups (broad SMARTS) is 1. The lowest BCUT2D eigenvalue weighted by Crippen LogP contribution is -2.24. The van der Waals surface area contributed by atoms with Gasteiger partial charge in [-0.1, -0.05) is 60.7 Å². The number of carbonyl (C=O) groups is 2. The highest BCUT2D eigenvalue weighted by molar-refractivity contribution is 5.99. The molecule has 0 aliphatic heterocycles. The van der Waals surface area contributed by atoms with E-state index in [1.165, 1.54) is 12.7 Å². The Morgan fingerprint density at radius 1 is 0.711 bits per heavy atom. The average Bonchev–Trinajstić information content (AvgIpc) is 3.68. The SMILES string of the molecule is CC(C)(C)OC(=O)c1c(OCc2ccccc2)ccn2cnnc12.Cl.O=C(O)c1c(OCc2ccccc2)ccn2cnnc12. The summed E-state index contributed by atoms with van der Waals surface area (Å²) in [4.78, 5) is 24.0. The van der Waals surface area contributed by atoms with Crippen molar-refractivity contribution in [1.29, 1.82) is 0 Å². The van der Waals surface area contributed by atoms with Crippen molar-refractivity contribution < 1.29 is 28.9 Å². The molecule has 4 aromatic heterocycles. The molecular weight excluding hydrogens is 600 g/mol. The summed E-state index contributed by atoms with van der Waals surface area (Å²) in [6.07, 6.45) is 6.40. The van der Waals surface area contributed by atoms with Gasteiger partial charge in [-0.2, -0.15) is 0 Å². The van der Waals surface area contributed by atoms with Crippen molar-refractivity contribution in [3.63, 3.8) is 0 Å². The molecule has 0 aliphatic carbocycles. The van der Waals surface area contributed by atoms with Gasteiger partial charge in [-0.15, -0.1) is 32.8 Å². The molecule has 0 aliphatic rings. The van der Waals surface area contributed by atoms with E-state index in [0.717, 1.165) is 11.1 Å². The van der Waals surface area contributed by atoms with Crippen LogP contribution in [0.3, 0.4) is 0 Å². The number of hydrogen-bond donors (Lipinski definition) is 1. The van der Waals surface area contributed by atoms with Crippen molar-refractivity contribution in [2.75, 3.05) is 0 Å². The molecule has 2 aromatic carbocycles. The molecule has 0 atom stereocenters. The molecule has 232 valence electrons. The molecule has 13 heteroatoms. The average molecular weight is 631 g/mol. The molecule has 0 fully saturated rings. The molecule has 0 bridgehead atoms. The van der Waals surface area contributed by atoms with E-state index in [9.17, 15) is 14.7 Å². The van der Waals surface area contributed by atoms with Gasteiger partial charge in [0.25, 0.3) is 0 Å². The fraction of sp³-hybridized carbons (Fsp3) is 0.188. The topological polar surface area (TPSA) is 142 Å². The molecular formula is C32H31ClN6O6. The van der Waals surface area contributed by atoms with Crippen LogP contribution in [0.2, 0.25) is 0 Å². The minimum atomic E-state index is -1.09. The van der Waals surface area contributed by atoms with Crippen LogP contribution < -0.4 is 9.47 Å². The van der Waals surface area contributed by atoms with Crippen molar-refractivity contribution in [1.82, 2.24) is 29.2 Å². The summed E-state index contributed by atoms with van der Waals surface area (Å²) >= 11 is 0. The predicted octanol–water partition coefficient (Wildman–Crippen LogP) is 5.69. The largest absolute Gasteiger partial charge is 0.488 e. The number of esters is 1. The van der Waals surface area contributed by atoms with Gasteiger partial charge in [0, 0.05) is 12.4 Å². The van der Waals surface area contributed by atoms with Crippen molar-refractivity contribution in [2.24, 2.45) is 0 Å². The highest BCUT2D eigenvalue weighted by Gasteiger charge is 2.25. The highest BCUT2D eigenvalue weighted by atomic mass is 35.5. The van der Waals surface area contributed by atoms with E-state index in [1.807, 2.05) is 81.4 Å². The van der Waals surface area contributed by atoms with Crippen LogP contribution in [-0.4, -0.2) is 51.8 Å². The Kier molecular flexibility index (Phi) is 10.3. The van der Waals surface area contributed by atoms with Crippen molar-refractivity contribution in [2.45, 2.75) is 39.6 Å². The van der Waals surface area contributed by atoms with E-state index in [0.29, 0.717) is 24.6 Å². The monoisotopic (exact) mass is 630 g/mol. The molecule has 6 rings (SSSR count). The number of nitrogens with zero attached hydrogens (tertiary/aromatic N) is 6. The zero-order valence-electron chi connectivity index (χ0n) is 24.7. The highest BCUT2D eigenvalue weighted by Crippen LogP contribution is 2.26. The Morgan fingerprint density at radius 2 is 1.16 bits per heavy atom. The molecule has 0 saturated heterocycles. The summed E-state index contributed by atoms with van der Waals surface area (Å²) < 4.78 is 20.2. The summed E-state index contributed by atoms with van der Waals surface area (Å²) in [5, 5.41) is 24.7. The Hall–Kier alpha value is -5.49. The Labute approximate surface area is 264 Å². The zero-order valence-corrected chi connectivity index (χ0v) is 25.5. The number of ether oxygens (including phenoxy) is 3. The van der Waals surface area contributed by atoms with E-state index in [2.05, 4.69) is 20.4 Å². The number of benzene rings is 2. The number of rotatable bonds is 8. The smallest absolute Gasteiger partial charge is 0.346 e. The standard InChI is InChI=1S/C18H19N3O3.C14H11N3O3.ClH/c1-18(2,3)24-17(22)15-14(9-10-21-12-19-20-16(15)21)23-11-13-7-5-4-6-8-13;18-14(19)12-11(6-7-17-9-15-16-13(12)17)20-8-10-4-2-1-3-5-10;/h4-10,12H,11H2,1-3H3;1-7,9H,8H2,(H,18,19);1H. The number of carbonyl (C=O) groups excluding carboxylic acids is 1. The molecule has 45 heavy (non-hydrogen) atoms. The molecule has 0 saturated carbocycles. The van der Waals surface area contributed by atoms with Crippen LogP contribution >= 0.6 is 12.4 Å². The molecule has 0 amide bonds. The van der Waals surface area contributed by atoms with E-state index < -0.39 is 17.5 Å². The molecule has 12 nitrogen and oxygen atoms in total. The maximum atomic E-state index is 12.6. The third-order valence-corrected chi connectivity index (χ3v) is 6.15. The van der Waals surface area contributed by atoms with Gasteiger partial charge >= 0.3 is 11.9 Å². The van der Waals surface area contributed by atoms with Gasteiger partial charge in [-0.25, -0.2) is 9.59 Å². The molecule has 1 N–H and O–H groups in total. The van der Waals surface area contributed by atoms with E-state index in [-0.39, 0.29) is 34.9 Å². The maximum Gasteiger partial charge on any atom is 0.346 e. The number of pyridine rings is 2. The van der Waals surface area contributed by atoms with E-state index >= 15 is 0 Å². The normalized spacial score (nSPS) is 10.8. The third-order valence-electron chi connectivity index (χ3n) is 6.15. The van der Waals surface area contributed by atoms with Crippen LogP contribution in [-0.2, 0) is 18.0 Å². The number of aromatic carboxylic acids is 1. The molecule has 0 unspecified atom stereocenters. The van der Waals surface area contributed by atoms with Crippen LogP contribution in [0, 0.1) is 0 Å². The van der Waals surface area contributed by atoms with Crippen molar-refractivity contribution in [3.8, 4) is 11.5 Å². The fourth-order valence-corrected chi connectivity index (χ4v) is 4.18. The second-order valence-electron chi connectivity index (χ2n) is 10.6. The quantitative estimate of drug-likeness (QED) is 0.208. The van der Waals surface area contributed by atoms with Crippen molar-refractivity contribution >= 4 is 35.6 Å². The van der Waals surface area contributed by atoms with E-state index in [4.69, 9.17) is 14.2 Å². The summed E-state index contributed by atoms with van der Waals surface area (Å²) in [5.41, 5.74) is 2.33. The van der Waals surface area contributed by atoms with Gasteiger partial charge in [-0.3, -0.25) is 8.80 Å². The van der Waals surface area contributed by atoms with Gasteiger partial charge in [0.1, 0.15) is 54.1 Å². The first kappa shape index (κ1) is 32.4. The first-order chi connectivity index (χ1) is 21.2. The molecule has 4 heterocycles. The van der Waals surface area contributed by atoms with Gasteiger partial charge in [0.15, 0.2) is 11.3 Å². The number of carboxylic acids is 1. The van der Waals surface area contributed by atoms with Gasteiger partial charge < -0.3 is 19.3 Å². The Bertz CT molecular complexity index is 1890. The molecule has 0 radical (unpaired) electrons. The lowest BCUT2D eigenvalue weighted by molar-refractivity contribution is 0.00668. The van der Waals surface area contributed by atoms with Gasteiger partial charge in [-0.05, 0) is 44.0 Å². The Balaban J connectivity index is 0.000000203. The first-order valence-corrected chi connectivity index (χ1v) is 13.6. The summed E-state index contributed by atoms with van der Waals surface area (Å²) in [7, 11) is 0. The third kappa shape index (κ3) is 8.12. The fourth-order valence-electron chi connectivity index (χ4n) is 4.18. The van der Waals surface area contributed by atoms with Gasteiger partial charge in [0.2, 0.25) is 0 Å². The number of halogens is 1. The van der Waals surface area contributed by atoms with Gasteiger partial charge in [0.05, 0.1) is 0 Å². The predicted molar refractivity (Wildman–Crippen MR) is 167 cm³/mol. The van der Waals surface area contributed by atoms with E-state index in [1.54, 1.807) is 33.3 Å². The number of aromatic nitrogens is 6. The second kappa shape index (κ2) is 14.3. The zero-order chi connectivity index (χ0) is 31.1. The summed E-state index contributed by atoms with van der Waals surface area (Å²) in [6, 6.07) is 22.6. The van der Waals surface area contributed by atoms with Crippen LogP contribution in [0.4, 0.5) is 0 Å². The first-order valence-electron chi connectivity index (χ1n) is 13.6. The minimum Gasteiger partial charge on any atom is -0.488 e. The van der Waals surface area contributed by atoms with Crippen LogP contribution in [0.5, 0.6) is 11.5 Å². The lowest BCUT2D eigenvalue weighted by Gasteiger charge is -2.20. The summed E-state index contributed by atoms with van der Waals surface area (Å²) in [6.45, 7) is 6.10. The van der Waals surface area contributed by atoms with Crippen molar-refractivity contribution in [3.05, 3.63) is 120 Å². The van der Waals surface area contributed by atoms with Crippen LogP contribution in [0.25, 0.3) is 11.3 Å².